The molecule has 1 aromatic heterocycles. The summed E-state index contributed by atoms with van der Waals surface area (Å²) in [7, 11) is 1.87. The van der Waals surface area contributed by atoms with Crippen molar-refractivity contribution in [1.29, 1.82) is 0 Å². The number of rotatable bonds is 4. The first-order valence-electron chi connectivity index (χ1n) is 6.15. The number of carbonyl (C=O) groups excluding carboxylic acids is 1. The summed E-state index contributed by atoms with van der Waals surface area (Å²) in [5.41, 5.74) is 6.96. The molecule has 0 aliphatic heterocycles. The minimum atomic E-state index is 0. The third kappa shape index (κ3) is 3.71. The van der Waals surface area contributed by atoms with E-state index >= 15 is 0 Å². The fourth-order valence-corrected chi connectivity index (χ4v) is 2.37. The van der Waals surface area contributed by atoms with Gasteiger partial charge < -0.3 is 10.6 Å². The molecule has 1 aliphatic carbocycles. The Balaban J connectivity index is 0.00000162. The Bertz CT molecular complexity index is 368. The van der Waals surface area contributed by atoms with Gasteiger partial charge in [0.1, 0.15) is 0 Å². The Labute approximate surface area is 114 Å². The number of aromatic amines is 1. The molecule has 0 radical (unpaired) electrons. The topological polar surface area (TPSA) is 75.0 Å². The molecule has 5 nitrogen and oxygen atoms in total. The number of aromatic nitrogens is 2. The Hall–Kier alpha value is -1.07. The average molecular weight is 273 g/mol. The zero-order chi connectivity index (χ0) is 12.3. The Morgan fingerprint density at radius 2 is 2.39 bits per heavy atom. The fraction of sp³-hybridized carbons (Fsp3) is 0.667. The van der Waals surface area contributed by atoms with Gasteiger partial charge >= 0.3 is 0 Å². The quantitative estimate of drug-likeness (QED) is 0.857. The Morgan fingerprint density at radius 1 is 1.61 bits per heavy atom. The highest BCUT2D eigenvalue weighted by Gasteiger charge is 2.29. The monoisotopic (exact) mass is 272 g/mol. The molecular formula is C12H21ClN4O. The third-order valence-electron chi connectivity index (χ3n) is 3.49. The normalized spacial score (nSPS) is 22.6. The molecule has 1 saturated carbocycles. The lowest BCUT2D eigenvalue weighted by Crippen LogP contribution is -2.34. The Kier molecular flexibility index (Phi) is 5.62. The van der Waals surface area contributed by atoms with Gasteiger partial charge in [0.15, 0.2) is 0 Å². The van der Waals surface area contributed by atoms with Crippen LogP contribution in [0.15, 0.2) is 12.4 Å². The van der Waals surface area contributed by atoms with Gasteiger partial charge in [0.05, 0.1) is 6.20 Å². The number of carbonyl (C=O) groups is 1. The average Bonchev–Trinajstić information content (AvgIpc) is 2.95. The maximum Gasteiger partial charge on any atom is 0.225 e. The summed E-state index contributed by atoms with van der Waals surface area (Å²) in [6.45, 7) is 0.740. The maximum atomic E-state index is 12.1. The standard InChI is InChI=1S/C12H20N4O.ClH/c1-16(5-4-9-7-14-15-8-9)12(17)10-2-3-11(13)6-10;/h7-8,10-11H,2-6,13H2,1H3,(H,14,15);1H/t10-,11+;/m0./s1. The Morgan fingerprint density at radius 3 is 2.94 bits per heavy atom. The highest BCUT2D eigenvalue weighted by atomic mass is 35.5. The van der Waals surface area contributed by atoms with Crippen LogP contribution in [0.3, 0.4) is 0 Å². The largest absolute Gasteiger partial charge is 0.345 e. The number of H-pyrrole nitrogens is 1. The number of nitrogens with zero attached hydrogens (tertiary/aromatic N) is 2. The van der Waals surface area contributed by atoms with Gasteiger partial charge in [-0.3, -0.25) is 9.89 Å². The molecule has 1 amide bonds. The van der Waals surface area contributed by atoms with Crippen LogP contribution in [0.1, 0.15) is 24.8 Å². The molecule has 1 aliphatic rings. The van der Waals surface area contributed by atoms with E-state index in [9.17, 15) is 4.79 Å². The second-order valence-corrected chi connectivity index (χ2v) is 4.89. The number of likely N-dealkylation sites (N-methyl/N-ethyl adjacent to an activating group) is 1. The second-order valence-electron chi connectivity index (χ2n) is 4.89. The van der Waals surface area contributed by atoms with E-state index in [1.54, 1.807) is 6.20 Å². The van der Waals surface area contributed by atoms with Crippen molar-refractivity contribution in [2.75, 3.05) is 13.6 Å². The fourth-order valence-electron chi connectivity index (χ4n) is 2.37. The van der Waals surface area contributed by atoms with Gasteiger partial charge in [0.2, 0.25) is 5.91 Å². The molecule has 18 heavy (non-hydrogen) atoms. The zero-order valence-electron chi connectivity index (χ0n) is 10.6. The molecule has 2 rings (SSSR count). The van der Waals surface area contributed by atoms with E-state index in [2.05, 4.69) is 10.2 Å². The van der Waals surface area contributed by atoms with Crippen LogP contribution in [-0.4, -0.2) is 40.6 Å². The molecule has 1 fully saturated rings. The number of halogens is 1. The van der Waals surface area contributed by atoms with Crippen LogP contribution >= 0.6 is 12.4 Å². The van der Waals surface area contributed by atoms with Crippen LogP contribution in [0.2, 0.25) is 0 Å². The van der Waals surface area contributed by atoms with Gasteiger partial charge in [-0.15, -0.1) is 12.4 Å². The van der Waals surface area contributed by atoms with Crippen LogP contribution in [-0.2, 0) is 11.2 Å². The van der Waals surface area contributed by atoms with Crippen molar-refractivity contribution < 1.29 is 4.79 Å². The second kappa shape index (κ2) is 6.75. The lowest BCUT2D eigenvalue weighted by molar-refractivity contribution is -0.134. The number of hydrogen-bond acceptors (Lipinski definition) is 3. The van der Waals surface area contributed by atoms with E-state index in [1.807, 2.05) is 18.1 Å². The van der Waals surface area contributed by atoms with Crippen LogP contribution in [0, 0.1) is 5.92 Å². The summed E-state index contributed by atoms with van der Waals surface area (Å²) < 4.78 is 0. The van der Waals surface area contributed by atoms with Crippen molar-refractivity contribution in [1.82, 2.24) is 15.1 Å². The lowest BCUT2D eigenvalue weighted by Gasteiger charge is -2.20. The van der Waals surface area contributed by atoms with E-state index in [1.165, 1.54) is 0 Å². The minimum absolute atomic E-state index is 0. The van der Waals surface area contributed by atoms with Crippen LogP contribution in [0.4, 0.5) is 0 Å². The van der Waals surface area contributed by atoms with Gasteiger partial charge in [-0.05, 0) is 31.2 Å². The first-order chi connectivity index (χ1) is 8.16. The van der Waals surface area contributed by atoms with Gasteiger partial charge in [-0.2, -0.15) is 5.10 Å². The highest BCUT2D eigenvalue weighted by Crippen LogP contribution is 2.25. The minimum Gasteiger partial charge on any atom is -0.345 e. The molecule has 1 heterocycles. The molecule has 3 N–H and O–H groups in total. The predicted molar refractivity (Wildman–Crippen MR) is 72.5 cm³/mol. The van der Waals surface area contributed by atoms with Crippen molar-refractivity contribution in [3.05, 3.63) is 18.0 Å². The molecule has 2 atom stereocenters. The zero-order valence-corrected chi connectivity index (χ0v) is 11.4. The van der Waals surface area contributed by atoms with Crippen LogP contribution in [0.25, 0.3) is 0 Å². The molecule has 0 bridgehead atoms. The van der Waals surface area contributed by atoms with Crippen LogP contribution in [0.5, 0.6) is 0 Å². The first-order valence-corrected chi connectivity index (χ1v) is 6.15. The van der Waals surface area contributed by atoms with E-state index in [0.29, 0.717) is 0 Å². The van der Waals surface area contributed by atoms with E-state index < -0.39 is 0 Å². The van der Waals surface area contributed by atoms with Crippen molar-refractivity contribution >= 4 is 18.3 Å². The summed E-state index contributed by atoms with van der Waals surface area (Å²) in [6.07, 6.45) is 7.27. The molecule has 0 aromatic carbocycles. The number of amides is 1. The van der Waals surface area contributed by atoms with Gasteiger partial charge in [-0.1, -0.05) is 0 Å². The van der Waals surface area contributed by atoms with Gasteiger partial charge in [-0.25, -0.2) is 0 Å². The molecule has 0 unspecified atom stereocenters. The number of nitrogens with two attached hydrogens (primary N) is 1. The maximum absolute atomic E-state index is 12.1. The lowest BCUT2D eigenvalue weighted by atomic mass is 10.1. The van der Waals surface area contributed by atoms with Crippen molar-refractivity contribution in [3.8, 4) is 0 Å². The van der Waals surface area contributed by atoms with Gasteiger partial charge in [0.25, 0.3) is 0 Å². The number of nitrogens with one attached hydrogen (secondary N) is 1. The molecule has 0 spiro atoms. The molecule has 6 heteroatoms. The smallest absolute Gasteiger partial charge is 0.225 e. The van der Waals surface area contributed by atoms with E-state index in [4.69, 9.17) is 5.73 Å². The van der Waals surface area contributed by atoms with Crippen molar-refractivity contribution in [2.24, 2.45) is 11.7 Å². The summed E-state index contributed by atoms with van der Waals surface area (Å²) in [5.74, 6) is 0.376. The summed E-state index contributed by atoms with van der Waals surface area (Å²) >= 11 is 0. The SMILES string of the molecule is CN(CCc1cn[nH]c1)C(=O)[C@H]1CC[C@@H](N)C1.Cl. The summed E-state index contributed by atoms with van der Waals surface area (Å²) in [5, 5.41) is 6.66. The highest BCUT2D eigenvalue weighted by molar-refractivity contribution is 5.85. The van der Waals surface area contributed by atoms with Crippen molar-refractivity contribution in [2.45, 2.75) is 31.7 Å². The van der Waals surface area contributed by atoms with Gasteiger partial charge in [0, 0.05) is 31.7 Å². The van der Waals surface area contributed by atoms with Crippen LogP contribution < -0.4 is 5.73 Å². The van der Waals surface area contributed by atoms with E-state index in [-0.39, 0.29) is 30.3 Å². The molecule has 102 valence electrons. The molecule has 0 saturated heterocycles. The summed E-state index contributed by atoms with van der Waals surface area (Å²) in [4.78, 5) is 13.9. The molecule has 1 aromatic rings. The predicted octanol–water partition coefficient (Wildman–Crippen LogP) is 0.960. The van der Waals surface area contributed by atoms with Crippen molar-refractivity contribution in [3.63, 3.8) is 0 Å². The van der Waals surface area contributed by atoms with E-state index in [0.717, 1.165) is 37.8 Å². The first kappa shape index (κ1) is 15.0. The molecular weight excluding hydrogens is 252 g/mol. The third-order valence-corrected chi connectivity index (χ3v) is 3.49. The number of hydrogen-bond donors (Lipinski definition) is 2. The summed E-state index contributed by atoms with van der Waals surface area (Å²) in [6, 6.07) is 0.214.